The lowest BCUT2D eigenvalue weighted by molar-refractivity contribution is 0.104. The second-order valence-corrected chi connectivity index (χ2v) is 4.38. The number of carbonyl (C=O) groups excluding carboxylic acids is 1. The zero-order valence-corrected chi connectivity index (χ0v) is 9.25. The van der Waals surface area contributed by atoms with Crippen LogP contribution < -0.4 is 0 Å². The number of ketones is 1. The summed E-state index contributed by atoms with van der Waals surface area (Å²) in [4.78, 5) is 15.8. The number of nitrogens with zero attached hydrogens (tertiary/aromatic N) is 1. The van der Waals surface area contributed by atoms with Crippen LogP contribution in [0.1, 0.15) is 15.9 Å². The molecule has 1 aromatic rings. The molecule has 3 heteroatoms. The number of thioether (sulfide) groups is 1. The van der Waals surface area contributed by atoms with E-state index in [1.165, 1.54) is 0 Å². The quantitative estimate of drug-likeness (QED) is 0.563. The third-order valence-corrected chi connectivity index (χ3v) is 2.95. The molecule has 1 aliphatic rings. The number of hydrogen-bond acceptors (Lipinski definition) is 3. The Labute approximate surface area is 93.1 Å². The molecule has 1 aliphatic heterocycles. The van der Waals surface area contributed by atoms with E-state index in [-0.39, 0.29) is 5.78 Å². The molecule has 0 bridgehead atoms. The molecule has 0 radical (unpaired) electrons. The minimum Gasteiger partial charge on any atom is -0.289 e. The van der Waals surface area contributed by atoms with Gasteiger partial charge in [0, 0.05) is 23.6 Å². The molecule has 0 aromatic heterocycles. The molecule has 0 saturated carbocycles. The molecule has 76 valence electrons. The molecule has 0 atom stereocenters. The van der Waals surface area contributed by atoms with Gasteiger partial charge in [0.25, 0.3) is 0 Å². The van der Waals surface area contributed by atoms with Gasteiger partial charge < -0.3 is 0 Å². The predicted octanol–water partition coefficient (Wildman–Crippen LogP) is 2.84. The lowest BCUT2D eigenvalue weighted by Crippen LogP contribution is -1.94. The first-order valence-electron chi connectivity index (χ1n) is 4.74. The summed E-state index contributed by atoms with van der Waals surface area (Å²) in [5.41, 5.74) is 1.88. The predicted molar refractivity (Wildman–Crippen MR) is 64.5 cm³/mol. The summed E-state index contributed by atoms with van der Waals surface area (Å²) >= 11 is 1.59. The van der Waals surface area contributed by atoms with Crippen molar-refractivity contribution in [1.82, 2.24) is 0 Å². The van der Waals surface area contributed by atoms with Gasteiger partial charge in [-0.3, -0.25) is 9.79 Å². The summed E-state index contributed by atoms with van der Waals surface area (Å²) < 4.78 is 0. The smallest absolute Gasteiger partial charge is 0.188 e. The summed E-state index contributed by atoms with van der Waals surface area (Å²) in [6, 6.07) is 7.57. The normalized spacial score (nSPS) is 17.3. The van der Waals surface area contributed by atoms with Crippen molar-refractivity contribution in [2.75, 3.05) is 5.75 Å². The fraction of sp³-hybridized carbons (Fsp3) is 0.167. The Morgan fingerprint density at radius 3 is 2.73 bits per heavy atom. The highest BCUT2D eigenvalue weighted by Crippen LogP contribution is 2.21. The second kappa shape index (κ2) is 4.45. The van der Waals surface area contributed by atoms with Gasteiger partial charge in [-0.2, -0.15) is 0 Å². The van der Waals surface area contributed by atoms with Crippen molar-refractivity contribution >= 4 is 23.8 Å². The molecule has 0 unspecified atom stereocenters. The van der Waals surface area contributed by atoms with Crippen molar-refractivity contribution in [3.63, 3.8) is 0 Å². The van der Waals surface area contributed by atoms with Gasteiger partial charge in [-0.05, 0) is 6.92 Å². The Morgan fingerprint density at radius 2 is 2.13 bits per heavy atom. The Morgan fingerprint density at radius 1 is 1.40 bits per heavy atom. The van der Waals surface area contributed by atoms with Gasteiger partial charge >= 0.3 is 0 Å². The van der Waals surface area contributed by atoms with Gasteiger partial charge in [-0.1, -0.05) is 29.8 Å². The third-order valence-electron chi connectivity index (χ3n) is 2.11. The lowest BCUT2D eigenvalue weighted by atomic mass is 10.1. The molecular weight excluding hydrogens is 206 g/mol. The minimum atomic E-state index is 0.0246. The van der Waals surface area contributed by atoms with Crippen LogP contribution in [0.4, 0.5) is 0 Å². The van der Waals surface area contributed by atoms with Crippen LogP contribution in [0.15, 0.2) is 40.4 Å². The maximum Gasteiger partial charge on any atom is 0.188 e. The van der Waals surface area contributed by atoms with Gasteiger partial charge in [0.05, 0.1) is 5.03 Å². The average molecular weight is 217 g/mol. The van der Waals surface area contributed by atoms with Crippen molar-refractivity contribution in [3.8, 4) is 0 Å². The van der Waals surface area contributed by atoms with Crippen molar-refractivity contribution in [1.29, 1.82) is 0 Å². The van der Waals surface area contributed by atoms with E-state index in [9.17, 15) is 4.79 Å². The molecule has 0 fully saturated rings. The number of aryl methyl sites for hydroxylation is 1. The Kier molecular flexibility index (Phi) is 3.02. The summed E-state index contributed by atoms with van der Waals surface area (Å²) in [7, 11) is 0. The molecule has 2 rings (SSSR count). The SMILES string of the molecule is Cc1ccc(C(=O)/C=C2/N=CCS2)cc1. The molecule has 15 heavy (non-hydrogen) atoms. The highest BCUT2D eigenvalue weighted by atomic mass is 32.2. The van der Waals surface area contributed by atoms with E-state index in [2.05, 4.69) is 4.99 Å². The molecular formula is C12H11NOS. The van der Waals surface area contributed by atoms with E-state index in [0.29, 0.717) is 0 Å². The van der Waals surface area contributed by atoms with Crippen LogP contribution in [-0.2, 0) is 0 Å². The maximum atomic E-state index is 11.7. The molecule has 2 nitrogen and oxygen atoms in total. The Balaban J connectivity index is 2.17. The van der Waals surface area contributed by atoms with Gasteiger partial charge in [0.2, 0.25) is 0 Å². The molecule has 0 N–H and O–H groups in total. The van der Waals surface area contributed by atoms with Crippen LogP contribution in [0.5, 0.6) is 0 Å². The van der Waals surface area contributed by atoms with Crippen LogP contribution in [0.25, 0.3) is 0 Å². The molecule has 1 heterocycles. The van der Waals surface area contributed by atoms with Crippen molar-refractivity contribution < 1.29 is 4.79 Å². The molecule has 0 saturated heterocycles. The standard InChI is InChI=1S/C12H11NOS/c1-9-2-4-10(5-3-9)11(14)8-12-13-6-7-15-12/h2-6,8H,7H2,1H3/b12-8-. The molecule has 0 aliphatic carbocycles. The van der Waals surface area contributed by atoms with E-state index < -0.39 is 0 Å². The van der Waals surface area contributed by atoms with Gasteiger partial charge in [0.15, 0.2) is 5.78 Å². The highest BCUT2D eigenvalue weighted by Gasteiger charge is 2.06. The fourth-order valence-corrected chi connectivity index (χ4v) is 1.94. The van der Waals surface area contributed by atoms with Crippen LogP contribution in [-0.4, -0.2) is 17.8 Å². The largest absolute Gasteiger partial charge is 0.289 e. The first kappa shape index (κ1) is 10.2. The Bertz CT molecular complexity index is 431. The van der Waals surface area contributed by atoms with E-state index in [1.807, 2.05) is 37.4 Å². The first-order chi connectivity index (χ1) is 7.25. The first-order valence-corrected chi connectivity index (χ1v) is 5.72. The van der Waals surface area contributed by atoms with E-state index in [1.54, 1.807) is 17.8 Å². The van der Waals surface area contributed by atoms with Gasteiger partial charge in [0.1, 0.15) is 0 Å². The number of hydrogen-bond donors (Lipinski definition) is 0. The molecule has 0 amide bonds. The number of rotatable bonds is 2. The van der Waals surface area contributed by atoms with Gasteiger partial charge in [-0.25, -0.2) is 0 Å². The van der Waals surface area contributed by atoms with Crippen molar-refractivity contribution in [2.24, 2.45) is 4.99 Å². The number of carbonyl (C=O) groups is 1. The van der Waals surface area contributed by atoms with E-state index in [4.69, 9.17) is 0 Å². The van der Waals surface area contributed by atoms with Crippen LogP contribution in [0, 0.1) is 6.92 Å². The van der Waals surface area contributed by atoms with Gasteiger partial charge in [-0.15, -0.1) is 11.8 Å². The fourth-order valence-electron chi connectivity index (χ4n) is 1.28. The maximum absolute atomic E-state index is 11.7. The topological polar surface area (TPSA) is 29.4 Å². The Hall–Kier alpha value is -1.35. The highest BCUT2D eigenvalue weighted by molar-refractivity contribution is 8.04. The number of allylic oxidation sites excluding steroid dienone is 1. The van der Waals surface area contributed by atoms with Crippen LogP contribution >= 0.6 is 11.8 Å². The summed E-state index contributed by atoms with van der Waals surface area (Å²) in [6.07, 6.45) is 3.41. The van der Waals surface area contributed by atoms with E-state index >= 15 is 0 Å². The lowest BCUT2D eigenvalue weighted by Gasteiger charge is -1.97. The zero-order chi connectivity index (χ0) is 10.7. The van der Waals surface area contributed by atoms with E-state index in [0.717, 1.165) is 21.9 Å². The van der Waals surface area contributed by atoms with Crippen LogP contribution in [0.3, 0.4) is 0 Å². The summed E-state index contributed by atoms with van der Waals surface area (Å²) in [5, 5.41) is 0.806. The molecule has 0 spiro atoms. The van der Waals surface area contributed by atoms with Crippen molar-refractivity contribution in [2.45, 2.75) is 6.92 Å². The minimum absolute atomic E-state index is 0.0246. The number of aliphatic imine (C=N–C) groups is 1. The average Bonchev–Trinajstić information content (AvgIpc) is 2.71. The molecule has 1 aromatic carbocycles. The van der Waals surface area contributed by atoms with Crippen LogP contribution in [0.2, 0.25) is 0 Å². The second-order valence-electron chi connectivity index (χ2n) is 3.34. The monoisotopic (exact) mass is 217 g/mol. The third kappa shape index (κ3) is 2.57. The summed E-state index contributed by atoms with van der Waals surface area (Å²) in [5.74, 6) is 0.893. The number of benzene rings is 1. The summed E-state index contributed by atoms with van der Waals surface area (Å²) in [6.45, 7) is 2.00. The van der Waals surface area contributed by atoms with Crippen molar-refractivity contribution in [3.05, 3.63) is 46.5 Å². The zero-order valence-electron chi connectivity index (χ0n) is 8.43.